The average molecular weight is 361 g/mol. The Morgan fingerprint density at radius 2 is 1.92 bits per heavy atom. The van der Waals surface area contributed by atoms with Crippen LogP contribution in [0, 0.1) is 11.3 Å². The van der Waals surface area contributed by atoms with Crippen molar-refractivity contribution in [2.75, 3.05) is 5.32 Å². The Morgan fingerprint density at radius 3 is 2.54 bits per heavy atom. The van der Waals surface area contributed by atoms with Crippen molar-refractivity contribution in [2.45, 2.75) is 0 Å². The van der Waals surface area contributed by atoms with Crippen LogP contribution in [0.3, 0.4) is 0 Å². The van der Waals surface area contributed by atoms with Crippen LogP contribution in [-0.4, -0.2) is 17.0 Å². The minimum Gasteiger partial charge on any atom is -0.478 e. The molecule has 0 spiro atoms. The molecule has 0 unspecified atom stereocenters. The zero-order valence-corrected chi connectivity index (χ0v) is 13.6. The van der Waals surface area contributed by atoms with Crippen LogP contribution in [0.2, 0.25) is 10.0 Å². The van der Waals surface area contributed by atoms with Gasteiger partial charge in [0, 0.05) is 15.7 Å². The number of carboxylic acid groups (broad SMARTS) is 1. The number of nitriles is 1. The molecule has 0 saturated carbocycles. The Hall–Kier alpha value is -2.81. The molecule has 0 aliphatic heterocycles. The topological polar surface area (TPSA) is 90.2 Å². The first-order valence-electron chi connectivity index (χ1n) is 6.62. The van der Waals surface area contributed by atoms with Crippen molar-refractivity contribution in [3.63, 3.8) is 0 Å². The fourth-order valence-corrected chi connectivity index (χ4v) is 2.31. The molecule has 2 rings (SSSR count). The molecule has 0 heterocycles. The molecule has 0 aliphatic carbocycles. The van der Waals surface area contributed by atoms with Crippen LogP contribution in [-0.2, 0) is 4.79 Å². The molecule has 0 aliphatic rings. The number of benzene rings is 2. The van der Waals surface area contributed by atoms with Crippen molar-refractivity contribution >= 4 is 46.8 Å². The van der Waals surface area contributed by atoms with Crippen molar-refractivity contribution in [1.82, 2.24) is 0 Å². The Balaban J connectivity index is 2.26. The van der Waals surface area contributed by atoms with Crippen LogP contribution in [0.25, 0.3) is 6.08 Å². The number of nitrogens with zero attached hydrogens (tertiary/aromatic N) is 1. The summed E-state index contributed by atoms with van der Waals surface area (Å²) < 4.78 is 0. The molecule has 0 aromatic heterocycles. The van der Waals surface area contributed by atoms with Gasteiger partial charge in [0.15, 0.2) is 0 Å². The summed E-state index contributed by atoms with van der Waals surface area (Å²) in [5.41, 5.74) is 0.575. The third-order valence-electron chi connectivity index (χ3n) is 2.99. The van der Waals surface area contributed by atoms with E-state index in [2.05, 4.69) is 5.32 Å². The monoisotopic (exact) mass is 360 g/mol. The SMILES string of the molecule is N#CC(=Cc1ccc(Cl)cc1Cl)C(=O)Nc1cccc(C(=O)O)c1. The van der Waals surface area contributed by atoms with E-state index in [1.54, 1.807) is 18.2 Å². The molecule has 24 heavy (non-hydrogen) atoms. The maximum Gasteiger partial charge on any atom is 0.335 e. The van der Waals surface area contributed by atoms with Crippen LogP contribution >= 0.6 is 23.2 Å². The van der Waals surface area contributed by atoms with E-state index in [0.717, 1.165) is 0 Å². The van der Waals surface area contributed by atoms with Crippen molar-refractivity contribution in [1.29, 1.82) is 5.26 Å². The summed E-state index contributed by atoms with van der Waals surface area (Å²) in [7, 11) is 0. The number of carbonyl (C=O) groups is 2. The number of anilines is 1. The Kier molecular flexibility index (Phi) is 5.59. The molecular formula is C17H10Cl2N2O3. The van der Waals surface area contributed by atoms with Crippen molar-refractivity contribution in [2.24, 2.45) is 0 Å². The predicted molar refractivity (Wildman–Crippen MR) is 92.1 cm³/mol. The molecule has 2 aromatic carbocycles. The van der Waals surface area contributed by atoms with Gasteiger partial charge in [0.25, 0.3) is 5.91 Å². The van der Waals surface area contributed by atoms with Crippen molar-refractivity contribution in [3.8, 4) is 6.07 Å². The second-order valence-corrected chi connectivity index (χ2v) is 5.52. The van der Waals surface area contributed by atoms with Crippen molar-refractivity contribution in [3.05, 3.63) is 69.2 Å². The van der Waals surface area contributed by atoms with Gasteiger partial charge in [-0.25, -0.2) is 4.79 Å². The van der Waals surface area contributed by atoms with E-state index in [-0.39, 0.29) is 16.8 Å². The smallest absolute Gasteiger partial charge is 0.335 e. The molecule has 0 bridgehead atoms. The van der Waals surface area contributed by atoms with E-state index < -0.39 is 11.9 Å². The first-order chi connectivity index (χ1) is 11.4. The summed E-state index contributed by atoms with van der Waals surface area (Å²) >= 11 is 11.8. The minimum absolute atomic E-state index is 0.0241. The van der Waals surface area contributed by atoms with E-state index in [9.17, 15) is 14.9 Å². The van der Waals surface area contributed by atoms with Gasteiger partial charge in [0.05, 0.1) is 5.56 Å². The number of hydrogen-bond donors (Lipinski definition) is 2. The summed E-state index contributed by atoms with van der Waals surface area (Å²) in [5, 5.41) is 21.3. The third-order valence-corrected chi connectivity index (χ3v) is 3.56. The maximum absolute atomic E-state index is 12.2. The molecule has 5 nitrogen and oxygen atoms in total. The highest BCUT2D eigenvalue weighted by Crippen LogP contribution is 2.23. The number of hydrogen-bond acceptors (Lipinski definition) is 3. The van der Waals surface area contributed by atoms with Crippen LogP contribution in [0.4, 0.5) is 5.69 Å². The van der Waals surface area contributed by atoms with Crippen LogP contribution in [0.1, 0.15) is 15.9 Å². The van der Waals surface area contributed by atoms with Gasteiger partial charge in [-0.05, 0) is 42.0 Å². The molecule has 120 valence electrons. The molecule has 0 saturated heterocycles. The van der Waals surface area contributed by atoms with Gasteiger partial charge < -0.3 is 10.4 Å². The number of amides is 1. The second-order valence-electron chi connectivity index (χ2n) is 4.68. The minimum atomic E-state index is -1.12. The van der Waals surface area contributed by atoms with Gasteiger partial charge in [0.2, 0.25) is 0 Å². The van der Waals surface area contributed by atoms with E-state index in [1.165, 1.54) is 36.4 Å². The lowest BCUT2D eigenvalue weighted by Gasteiger charge is -2.06. The zero-order valence-electron chi connectivity index (χ0n) is 12.1. The molecular weight excluding hydrogens is 351 g/mol. The standard InChI is InChI=1S/C17H10Cl2N2O3/c18-13-5-4-10(15(19)8-13)6-12(9-20)16(22)21-14-3-1-2-11(7-14)17(23)24/h1-8H,(H,21,22)(H,23,24). The van der Waals surface area contributed by atoms with E-state index in [4.69, 9.17) is 28.3 Å². The number of nitrogens with one attached hydrogen (secondary N) is 1. The van der Waals surface area contributed by atoms with Gasteiger partial charge in [0.1, 0.15) is 11.6 Å². The fourth-order valence-electron chi connectivity index (χ4n) is 1.85. The largest absolute Gasteiger partial charge is 0.478 e. The fraction of sp³-hybridized carbons (Fsp3) is 0. The van der Waals surface area contributed by atoms with Gasteiger partial charge in [-0.2, -0.15) is 5.26 Å². The second kappa shape index (κ2) is 7.64. The Bertz CT molecular complexity index is 886. The summed E-state index contributed by atoms with van der Waals surface area (Å²) in [5.74, 6) is -1.79. The van der Waals surface area contributed by atoms with Crippen LogP contribution in [0.5, 0.6) is 0 Å². The van der Waals surface area contributed by atoms with Crippen LogP contribution < -0.4 is 5.32 Å². The lowest BCUT2D eigenvalue weighted by Crippen LogP contribution is -2.14. The Labute approximate surface area is 147 Å². The van der Waals surface area contributed by atoms with E-state index >= 15 is 0 Å². The number of carbonyl (C=O) groups excluding carboxylic acids is 1. The lowest BCUT2D eigenvalue weighted by molar-refractivity contribution is -0.112. The zero-order chi connectivity index (χ0) is 17.7. The summed E-state index contributed by atoms with van der Waals surface area (Å²) in [6.45, 7) is 0. The highest BCUT2D eigenvalue weighted by molar-refractivity contribution is 6.35. The van der Waals surface area contributed by atoms with Gasteiger partial charge in [-0.3, -0.25) is 4.79 Å². The molecule has 0 radical (unpaired) electrons. The molecule has 0 atom stereocenters. The van der Waals surface area contributed by atoms with Crippen molar-refractivity contribution < 1.29 is 14.7 Å². The molecule has 2 N–H and O–H groups in total. The number of carboxylic acids is 1. The molecule has 7 heteroatoms. The number of halogens is 2. The highest BCUT2D eigenvalue weighted by atomic mass is 35.5. The van der Waals surface area contributed by atoms with E-state index in [0.29, 0.717) is 15.6 Å². The number of aromatic carboxylic acids is 1. The summed E-state index contributed by atoms with van der Waals surface area (Å²) in [6, 6.07) is 12.2. The average Bonchev–Trinajstić information content (AvgIpc) is 2.54. The highest BCUT2D eigenvalue weighted by Gasteiger charge is 2.12. The van der Waals surface area contributed by atoms with Gasteiger partial charge in [-0.15, -0.1) is 0 Å². The Morgan fingerprint density at radius 1 is 1.17 bits per heavy atom. The third kappa shape index (κ3) is 4.35. The first kappa shape index (κ1) is 17.5. The normalized spacial score (nSPS) is 10.8. The lowest BCUT2D eigenvalue weighted by atomic mass is 10.1. The van der Waals surface area contributed by atoms with Gasteiger partial charge >= 0.3 is 5.97 Å². The number of rotatable bonds is 4. The molecule has 2 aromatic rings. The van der Waals surface area contributed by atoms with E-state index in [1.807, 2.05) is 0 Å². The molecule has 1 amide bonds. The van der Waals surface area contributed by atoms with Crippen LogP contribution in [0.15, 0.2) is 48.0 Å². The maximum atomic E-state index is 12.2. The molecule has 0 fully saturated rings. The first-order valence-corrected chi connectivity index (χ1v) is 7.38. The summed E-state index contributed by atoms with van der Waals surface area (Å²) in [6.07, 6.45) is 1.33. The summed E-state index contributed by atoms with van der Waals surface area (Å²) in [4.78, 5) is 23.1. The van der Waals surface area contributed by atoms with Gasteiger partial charge in [-0.1, -0.05) is 35.3 Å². The quantitative estimate of drug-likeness (QED) is 0.630. The predicted octanol–water partition coefficient (Wildman–Crippen LogP) is 4.24.